The Morgan fingerprint density at radius 3 is 2.60 bits per heavy atom. The number of anilines is 1. The van der Waals surface area contributed by atoms with Gasteiger partial charge < -0.3 is 10.2 Å². The lowest BCUT2D eigenvalue weighted by atomic mass is 9.93. The van der Waals surface area contributed by atoms with Gasteiger partial charge in [-0.1, -0.05) is 65.7 Å². The van der Waals surface area contributed by atoms with Crippen molar-refractivity contribution < 1.29 is 4.79 Å². The number of carbonyl (C=O) groups is 1. The zero-order valence-electron chi connectivity index (χ0n) is 16.9. The Bertz CT molecular complexity index is 1120. The summed E-state index contributed by atoms with van der Waals surface area (Å²) >= 11 is 12.6. The minimum Gasteiger partial charge on any atom is -0.342 e. The van der Waals surface area contributed by atoms with Gasteiger partial charge in [-0.2, -0.15) is 5.10 Å². The summed E-state index contributed by atoms with van der Waals surface area (Å²) in [5.41, 5.74) is 3.28. The van der Waals surface area contributed by atoms with Crippen LogP contribution in [-0.4, -0.2) is 27.6 Å². The molecular weight excluding hydrogens is 419 g/mol. The summed E-state index contributed by atoms with van der Waals surface area (Å²) in [5, 5.41) is 8.80. The molecule has 3 aromatic rings. The Morgan fingerprint density at radius 1 is 1.17 bits per heavy atom. The topological polar surface area (TPSA) is 50.2 Å². The average molecular weight is 441 g/mol. The summed E-state index contributed by atoms with van der Waals surface area (Å²) < 4.78 is 1.75. The van der Waals surface area contributed by atoms with Gasteiger partial charge in [0.1, 0.15) is 16.9 Å². The molecule has 0 fully saturated rings. The zero-order chi connectivity index (χ0) is 21.4. The van der Waals surface area contributed by atoms with E-state index in [-0.39, 0.29) is 11.9 Å². The SMILES string of the molecule is CC1=C(C(=O)N(C)C(C)c2ccccc2)C(c2cccc(Cl)c2)n2ncc(Cl)c2N1. The van der Waals surface area contributed by atoms with E-state index in [0.29, 0.717) is 21.4 Å². The first kappa shape index (κ1) is 20.5. The zero-order valence-corrected chi connectivity index (χ0v) is 18.4. The molecule has 5 nitrogen and oxygen atoms in total. The fraction of sp³-hybridized carbons (Fsp3) is 0.217. The number of carbonyl (C=O) groups excluding carboxylic acids is 1. The number of nitrogens with one attached hydrogen (secondary N) is 1. The lowest BCUT2D eigenvalue weighted by molar-refractivity contribution is -0.128. The predicted octanol–water partition coefficient (Wildman–Crippen LogP) is 5.70. The fourth-order valence-corrected chi connectivity index (χ4v) is 4.19. The molecule has 1 aromatic heterocycles. The number of fused-ring (bicyclic) bond motifs is 1. The molecule has 1 N–H and O–H groups in total. The Hall–Kier alpha value is -2.76. The molecule has 0 saturated carbocycles. The van der Waals surface area contributed by atoms with Crippen molar-refractivity contribution >= 4 is 34.9 Å². The largest absolute Gasteiger partial charge is 0.342 e. The van der Waals surface area contributed by atoms with Gasteiger partial charge in [0.25, 0.3) is 5.91 Å². The highest BCUT2D eigenvalue weighted by atomic mass is 35.5. The summed E-state index contributed by atoms with van der Waals surface area (Å²) in [7, 11) is 1.82. The number of hydrogen-bond donors (Lipinski definition) is 1. The van der Waals surface area contributed by atoms with E-state index in [1.54, 1.807) is 15.8 Å². The highest BCUT2D eigenvalue weighted by Crippen LogP contribution is 2.40. The molecule has 1 aliphatic rings. The van der Waals surface area contributed by atoms with E-state index in [1.807, 2.05) is 75.5 Å². The molecule has 1 aliphatic heterocycles. The van der Waals surface area contributed by atoms with Crippen LogP contribution >= 0.6 is 23.2 Å². The third kappa shape index (κ3) is 3.59. The molecule has 2 heterocycles. The third-order valence-corrected chi connectivity index (χ3v) is 6.07. The maximum absolute atomic E-state index is 13.7. The van der Waals surface area contributed by atoms with Crippen LogP contribution in [0.4, 0.5) is 5.82 Å². The second kappa shape index (κ2) is 8.17. The monoisotopic (exact) mass is 440 g/mol. The number of allylic oxidation sites excluding steroid dienone is 1. The van der Waals surface area contributed by atoms with Crippen LogP contribution in [0.2, 0.25) is 10.0 Å². The number of benzene rings is 2. The Morgan fingerprint density at radius 2 is 1.90 bits per heavy atom. The smallest absolute Gasteiger partial charge is 0.254 e. The van der Waals surface area contributed by atoms with Crippen LogP contribution in [0, 0.1) is 0 Å². The lowest BCUT2D eigenvalue weighted by Gasteiger charge is -2.34. The van der Waals surface area contributed by atoms with Gasteiger partial charge in [-0.15, -0.1) is 0 Å². The lowest BCUT2D eigenvalue weighted by Crippen LogP contribution is -2.37. The van der Waals surface area contributed by atoms with E-state index in [0.717, 1.165) is 16.8 Å². The number of aromatic nitrogens is 2. The molecule has 0 aliphatic carbocycles. The molecular formula is C23H22Cl2N4O. The van der Waals surface area contributed by atoms with Gasteiger partial charge >= 0.3 is 0 Å². The number of hydrogen-bond acceptors (Lipinski definition) is 3. The first-order valence-corrected chi connectivity index (χ1v) is 10.4. The van der Waals surface area contributed by atoms with E-state index < -0.39 is 6.04 Å². The maximum Gasteiger partial charge on any atom is 0.254 e. The Kier molecular flexibility index (Phi) is 5.58. The van der Waals surface area contributed by atoms with Crippen LogP contribution in [0.1, 0.15) is 37.1 Å². The van der Waals surface area contributed by atoms with Crippen molar-refractivity contribution in [1.82, 2.24) is 14.7 Å². The Balaban J connectivity index is 1.79. The van der Waals surface area contributed by atoms with E-state index >= 15 is 0 Å². The molecule has 2 aromatic carbocycles. The van der Waals surface area contributed by atoms with E-state index in [9.17, 15) is 4.79 Å². The summed E-state index contributed by atoms with van der Waals surface area (Å²) in [5.74, 6) is 0.577. The second-order valence-electron chi connectivity index (χ2n) is 7.41. The molecule has 154 valence electrons. The summed E-state index contributed by atoms with van der Waals surface area (Å²) in [4.78, 5) is 15.5. The predicted molar refractivity (Wildman–Crippen MR) is 121 cm³/mol. The van der Waals surface area contributed by atoms with Gasteiger partial charge in [0.2, 0.25) is 0 Å². The van der Waals surface area contributed by atoms with Crippen LogP contribution in [0.5, 0.6) is 0 Å². The van der Waals surface area contributed by atoms with Crippen molar-refractivity contribution in [3.63, 3.8) is 0 Å². The first-order valence-electron chi connectivity index (χ1n) is 9.67. The highest BCUT2D eigenvalue weighted by Gasteiger charge is 2.36. The van der Waals surface area contributed by atoms with Crippen molar-refractivity contribution in [3.05, 3.63) is 93.2 Å². The van der Waals surface area contributed by atoms with Gasteiger partial charge in [-0.3, -0.25) is 4.79 Å². The standard InChI is InChI=1S/C23H22Cl2N4O/c1-14-20(23(30)28(3)15(2)16-8-5-4-6-9-16)21(17-10-7-11-18(24)12-17)29-22(27-14)19(25)13-26-29/h4-13,15,21,27H,1-3H3. The normalized spacial score (nSPS) is 16.6. The summed E-state index contributed by atoms with van der Waals surface area (Å²) in [6.07, 6.45) is 1.58. The first-order chi connectivity index (χ1) is 14.4. The van der Waals surface area contributed by atoms with Crippen LogP contribution < -0.4 is 5.32 Å². The quantitative estimate of drug-likeness (QED) is 0.565. The van der Waals surface area contributed by atoms with Crippen LogP contribution in [0.3, 0.4) is 0 Å². The van der Waals surface area contributed by atoms with Gasteiger partial charge in [0.15, 0.2) is 0 Å². The molecule has 7 heteroatoms. The minimum atomic E-state index is -0.439. The van der Waals surface area contributed by atoms with Crippen molar-refractivity contribution in [2.24, 2.45) is 0 Å². The fourth-order valence-electron chi connectivity index (χ4n) is 3.81. The number of likely N-dealkylation sites (N-methyl/N-ethyl adjacent to an activating group) is 1. The maximum atomic E-state index is 13.7. The molecule has 0 saturated heterocycles. The van der Waals surface area contributed by atoms with Crippen molar-refractivity contribution in [3.8, 4) is 0 Å². The molecule has 2 atom stereocenters. The Labute approximate surface area is 185 Å². The third-order valence-electron chi connectivity index (χ3n) is 5.56. The molecule has 30 heavy (non-hydrogen) atoms. The van der Waals surface area contributed by atoms with Gasteiger partial charge in [-0.05, 0) is 37.1 Å². The van der Waals surface area contributed by atoms with Crippen molar-refractivity contribution in [2.45, 2.75) is 25.9 Å². The molecule has 0 bridgehead atoms. The molecule has 2 unspecified atom stereocenters. The summed E-state index contributed by atoms with van der Waals surface area (Å²) in [6.45, 7) is 3.91. The number of amides is 1. The van der Waals surface area contributed by atoms with Crippen molar-refractivity contribution in [2.75, 3.05) is 12.4 Å². The second-order valence-corrected chi connectivity index (χ2v) is 8.25. The van der Waals surface area contributed by atoms with Gasteiger partial charge in [0.05, 0.1) is 17.8 Å². The number of rotatable bonds is 4. The number of halogens is 2. The molecule has 4 rings (SSSR count). The van der Waals surface area contributed by atoms with Crippen LogP contribution in [0.25, 0.3) is 0 Å². The average Bonchev–Trinajstić information content (AvgIpc) is 3.12. The van der Waals surface area contributed by atoms with Crippen LogP contribution in [0.15, 0.2) is 72.1 Å². The van der Waals surface area contributed by atoms with Crippen molar-refractivity contribution in [1.29, 1.82) is 0 Å². The summed E-state index contributed by atoms with van der Waals surface area (Å²) in [6, 6.07) is 16.9. The highest BCUT2D eigenvalue weighted by molar-refractivity contribution is 6.33. The van der Waals surface area contributed by atoms with E-state index in [1.165, 1.54) is 0 Å². The molecule has 1 amide bonds. The minimum absolute atomic E-state index is 0.0846. The molecule has 0 radical (unpaired) electrons. The number of nitrogens with zero attached hydrogens (tertiary/aromatic N) is 3. The van der Waals surface area contributed by atoms with Gasteiger partial charge in [-0.25, -0.2) is 4.68 Å². The molecule has 0 spiro atoms. The van der Waals surface area contributed by atoms with Crippen LogP contribution in [-0.2, 0) is 4.79 Å². The van der Waals surface area contributed by atoms with E-state index in [4.69, 9.17) is 23.2 Å². The van der Waals surface area contributed by atoms with E-state index in [2.05, 4.69) is 10.4 Å². The van der Waals surface area contributed by atoms with Gasteiger partial charge in [0, 0.05) is 17.8 Å².